The molecule has 0 spiro atoms. The van der Waals surface area contributed by atoms with E-state index in [4.69, 9.17) is 30.3 Å². The largest absolute Gasteiger partial charge is 0.466 e. The van der Waals surface area contributed by atoms with E-state index < -0.39 is 22.9 Å². The topological polar surface area (TPSA) is 71.1 Å². The zero-order valence-electron chi connectivity index (χ0n) is 12.8. The summed E-state index contributed by atoms with van der Waals surface area (Å²) >= 11 is 6.23. The van der Waals surface area contributed by atoms with Crippen LogP contribution in [0.4, 0.5) is 0 Å². The number of hydrogen-bond donors (Lipinski definition) is 0. The van der Waals surface area contributed by atoms with Crippen molar-refractivity contribution >= 4 is 40.8 Å². The summed E-state index contributed by atoms with van der Waals surface area (Å²) in [5, 5.41) is -0.787. The van der Waals surface area contributed by atoms with Crippen LogP contribution in [0, 0.1) is 0 Å². The number of carbonyl (C=O) groups is 2. The molecule has 0 saturated heterocycles. The maximum atomic E-state index is 11.9. The second-order valence-corrected chi connectivity index (χ2v) is 10.6. The highest BCUT2D eigenvalue weighted by Crippen LogP contribution is 2.62. The summed E-state index contributed by atoms with van der Waals surface area (Å²) in [6.45, 7) is 4.27. The molecule has 6 nitrogen and oxygen atoms in total. The third-order valence-corrected chi connectivity index (χ3v) is 8.23. The van der Waals surface area contributed by atoms with Crippen LogP contribution in [0.1, 0.15) is 33.1 Å². The summed E-state index contributed by atoms with van der Waals surface area (Å²) < 4.78 is 20.3. The van der Waals surface area contributed by atoms with Gasteiger partial charge < -0.3 is 18.5 Å². The third-order valence-electron chi connectivity index (χ3n) is 2.37. The van der Waals surface area contributed by atoms with Crippen LogP contribution >= 0.6 is 17.1 Å². The minimum atomic E-state index is -2.66. The predicted molar refractivity (Wildman–Crippen MR) is 86.8 cm³/mol. The van der Waals surface area contributed by atoms with Gasteiger partial charge in [-0.25, -0.2) is 0 Å². The lowest BCUT2D eigenvalue weighted by molar-refractivity contribution is -0.149. The molecule has 0 bridgehead atoms. The Kier molecular flexibility index (Phi) is 11.4. The lowest BCUT2D eigenvalue weighted by Gasteiger charge is -2.21. The van der Waals surface area contributed by atoms with Crippen LogP contribution in [0.3, 0.4) is 0 Å². The van der Waals surface area contributed by atoms with Crippen LogP contribution in [0.2, 0.25) is 0 Å². The Bertz CT molecular complexity index is 369. The molecule has 1 unspecified atom stereocenters. The van der Waals surface area contributed by atoms with Crippen molar-refractivity contribution in [3.8, 4) is 0 Å². The van der Waals surface area contributed by atoms with Crippen LogP contribution in [-0.2, 0) is 39.9 Å². The predicted octanol–water partition coefficient (Wildman–Crippen LogP) is 2.90. The van der Waals surface area contributed by atoms with E-state index in [0.29, 0.717) is 6.61 Å². The van der Waals surface area contributed by atoms with Crippen LogP contribution in [0.25, 0.3) is 0 Å². The van der Waals surface area contributed by atoms with Gasteiger partial charge in [0.15, 0.2) is 0 Å². The van der Waals surface area contributed by atoms with Crippen molar-refractivity contribution in [1.29, 1.82) is 0 Å². The number of unbranched alkanes of at least 4 members (excludes halogenated alkanes) is 1. The molecule has 0 aromatic rings. The van der Waals surface area contributed by atoms with E-state index in [9.17, 15) is 9.59 Å². The van der Waals surface area contributed by atoms with Gasteiger partial charge in [0, 0.05) is 14.2 Å². The third kappa shape index (κ3) is 8.78. The molecule has 0 aliphatic carbocycles. The van der Waals surface area contributed by atoms with Gasteiger partial charge in [0.05, 0.1) is 19.6 Å². The summed E-state index contributed by atoms with van der Waals surface area (Å²) in [4.78, 5) is 23.7. The van der Waals surface area contributed by atoms with Gasteiger partial charge in [0.2, 0.25) is 5.69 Å². The Hall–Kier alpha value is -0.140. The molecule has 0 amide bonds. The number of esters is 2. The molecule has 0 heterocycles. The first-order valence-corrected chi connectivity index (χ1v) is 10.8. The van der Waals surface area contributed by atoms with E-state index in [-0.39, 0.29) is 13.0 Å². The molecule has 0 radical (unpaired) electrons. The summed E-state index contributed by atoms with van der Waals surface area (Å²) in [6.07, 6.45) is 1.60. The fourth-order valence-corrected chi connectivity index (χ4v) is 5.12. The highest BCUT2D eigenvalue weighted by molar-refractivity contribution is 8.68. The molecule has 0 rings (SSSR count). The van der Waals surface area contributed by atoms with Gasteiger partial charge in [-0.2, -0.15) is 0 Å². The Morgan fingerprint density at radius 2 is 1.81 bits per heavy atom. The Morgan fingerprint density at radius 1 is 1.19 bits per heavy atom. The molecule has 21 heavy (non-hydrogen) atoms. The normalized spacial score (nSPS) is 12.8. The SMILES string of the molecule is CCCCOC(=O)CC(SP(=S)(OC)OC)C(=O)OCC. The second kappa shape index (κ2) is 11.4. The van der Waals surface area contributed by atoms with Crippen molar-refractivity contribution in [2.75, 3.05) is 27.4 Å². The number of ether oxygens (including phenoxy) is 2. The zero-order chi connectivity index (χ0) is 16.3. The highest BCUT2D eigenvalue weighted by Gasteiger charge is 2.32. The number of hydrogen-bond acceptors (Lipinski definition) is 8. The van der Waals surface area contributed by atoms with Gasteiger partial charge in [-0.3, -0.25) is 9.59 Å². The van der Waals surface area contributed by atoms with Crippen molar-refractivity contribution < 1.29 is 28.1 Å². The number of carbonyl (C=O) groups excluding carboxylic acids is 2. The minimum Gasteiger partial charge on any atom is -0.466 e. The molecule has 0 saturated carbocycles. The highest BCUT2D eigenvalue weighted by atomic mass is 32.9. The summed E-state index contributed by atoms with van der Waals surface area (Å²) in [5.41, 5.74) is -2.66. The van der Waals surface area contributed by atoms with E-state index >= 15 is 0 Å². The molecule has 0 aliphatic heterocycles. The van der Waals surface area contributed by atoms with Crippen molar-refractivity contribution in [3.63, 3.8) is 0 Å². The van der Waals surface area contributed by atoms with Crippen molar-refractivity contribution in [3.05, 3.63) is 0 Å². The standard InChI is InChI=1S/C12H23O6PS2/c1-5-7-8-18-11(13)9-10(12(14)17-6-2)21-19(20,15-3)16-4/h10H,5-9H2,1-4H3. The van der Waals surface area contributed by atoms with Gasteiger partial charge in [0.1, 0.15) is 5.25 Å². The maximum absolute atomic E-state index is 11.9. The first kappa shape index (κ1) is 20.9. The average molecular weight is 358 g/mol. The molecule has 1 atom stereocenters. The van der Waals surface area contributed by atoms with Crippen molar-refractivity contribution in [1.82, 2.24) is 0 Å². The molecular weight excluding hydrogens is 335 g/mol. The van der Waals surface area contributed by atoms with Crippen LogP contribution in [0.15, 0.2) is 0 Å². The fraction of sp³-hybridized carbons (Fsp3) is 0.833. The Labute approximate surface area is 135 Å². The average Bonchev–Trinajstić information content (AvgIpc) is 2.47. The van der Waals surface area contributed by atoms with Crippen molar-refractivity contribution in [2.45, 2.75) is 38.4 Å². The van der Waals surface area contributed by atoms with Gasteiger partial charge in [-0.15, -0.1) is 0 Å². The van der Waals surface area contributed by atoms with Gasteiger partial charge in [-0.05, 0) is 25.2 Å². The van der Waals surface area contributed by atoms with Gasteiger partial charge in [0.25, 0.3) is 0 Å². The van der Waals surface area contributed by atoms with Crippen molar-refractivity contribution in [2.24, 2.45) is 0 Å². The van der Waals surface area contributed by atoms with E-state index in [0.717, 1.165) is 24.2 Å². The first-order chi connectivity index (χ1) is 9.92. The molecule has 0 aromatic carbocycles. The summed E-state index contributed by atoms with van der Waals surface area (Å²) in [5.74, 6) is -0.971. The fourth-order valence-electron chi connectivity index (χ4n) is 1.26. The summed E-state index contributed by atoms with van der Waals surface area (Å²) in [7, 11) is 2.83. The Morgan fingerprint density at radius 3 is 2.29 bits per heavy atom. The van der Waals surface area contributed by atoms with E-state index in [2.05, 4.69) is 0 Å². The lowest BCUT2D eigenvalue weighted by atomic mass is 10.3. The molecule has 0 aromatic heterocycles. The lowest BCUT2D eigenvalue weighted by Crippen LogP contribution is -2.24. The smallest absolute Gasteiger partial charge is 0.320 e. The quantitative estimate of drug-likeness (QED) is 0.317. The van der Waals surface area contributed by atoms with E-state index in [1.807, 2.05) is 6.92 Å². The summed E-state index contributed by atoms with van der Waals surface area (Å²) in [6, 6.07) is 0. The van der Waals surface area contributed by atoms with E-state index in [1.165, 1.54) is 14.2 Å². The second-order valence-electron chi connectivity index (χ2n) is 3.94. The first-order valence-electron chi connectivity index (χ1n) is 6.64. The van der Waals surface area contributed by atoms with E-state index in [1.54, 1.807) is 6.92 Å². The van der Waals surface area contributed by atoms with Crippen LogP contribution in [0.5, 0.6) is 0 Å². The molecule has 9 heteroatoms. The van der Waals surface area contributed by atoms with Gasteiger partial charge in [-0.1, -0.05) is 24.7 Å². The zero-order valence-corrected chi connectivity index (χ0v) is 15.4. The number of rotatable bonds is 11. The van der Waals surface area contributed by atoms with Crippen LogP contribution in [-0.4, -0.2) is 44.6 Å². The molecule has 0 aliphatic rings. The molecule has 0 N–H and O–H groups in total. The van der Waals surface area contributed by atoms with Gasteiger partial charge >= 0.3 is 11.9 Å². The maximum Gasteiger partial charge on any atom is 0.320 e. The van der Waals surface area contributed by atoms with Crippen LogP contribution < -0.4 is 0 Å². The molecular formula is C12H23O6PS2. The monoisotopic (exact) mass is 358 g/mol. The Balaban J connectivity index is 4.70. The molecule has 124 valence electrons. The molecule has 0 fully saturated rings. The minimum absolute atomic E-state index is 0.113.